The van der Waals surface area contributed by atoms with Crippen LogP contribution in [0.25, 0.3) is 32.9 Å². The maximum absolute atomic E-state index is 12.1. The molecule has 3 heterocycles. The molecule has 36 heavy (non-hydrogen) atoms. The van der Waals surface area contributed by atoms with Crippen molar-refractivity contribution in [3.63, 3.8) is 0 Å². The van der Waals surface area contributed by atoms with Crippen LogP contribution in [-0.4, -0.2) is 50.5 Å². The molecule has 0 amide bonds. The average Bonchev–Trinajstić information content (AvgIpc) is 3.54. The fourth-order valence-electron chi connectivity index (χ4n) is 4.88. The summed E-state index contributed by atoms with van der Waals surface area (Å²) >= 11 is 2.02. The van der Waals surface area contributed by atoms with E-state index in [-0.39, 0.29) is 5.56 Å². The van der Waals surface area contributed by atoms with Gasteiger partial charge in [-0.3, -0.25) is 4.90 Å². The van der Waals surface area contributed by atoms with E-state index in [1.807, 2.05) is 54.4 Å². The summed E-state index contributed by atoms with van der Waals surface area (Å²) in [6.45, 7) is 3.23. The highest BCUT2D eigenvalue weighted by Gasteiger charge is 2.16. The van der Waals surface area contributed by atoms with Crippen LogP contribution in [0.5, 0.6) is 0 Å². The summed E-state index contributed by atoms with van der Waals surface area (Å²) in [5.74, 6) is 7.96. The number of carbonyl (C=O) groups is 1. The number of hydrogen-bond donors (Lipinski definition) is 3. The number of aromatic amines is 2. The summed E-state index contributed by atoms with van der Waals surface area (Å²) in [6.07, 6.45) is 3.99. The predicted molar refractivity (Wildman–Crippen MR) is 148 cm³/mol. The zero-order valence-corrected chi connectivity index (χ0v) is 20.5. The Kier molecular flexibility index (Phi) is 6.02. The largest absolute Gasteiger partial charge is 0.478 e. The zero-order valence-electron chi connectivity index (χ0n) is 19.7. The molecule has 1 aliphatic rings. The monoisotopic (exact) mass is 491 g/mol. The van der Waals surface area contributed by atoms with Crippen molar-refractivity contribution in [3.8, 4) is 23.0 Å². The average molecular weight is 492 g/mol. The van der Waals surface area contributed by atoms with Crippen LogP contribution in [0.15, 0.2) is 73.1 Å². The van der Waals surface area contributed by atoms with E-state index in [2.05, 4.69) is 45.0 Å². The maximum atomic E-state index is 12.1. The summed E-state index contributed by atoms with van der Waals surface area (Å²) in [4.78, 5) is 21.2. The molecule has 0 saturated carbocycles. The van der Waals surface area contributed by atoms with E-state index >= 15 is 0 Å². The number of hydrogen-bond acceptors (Lipinski definition) is 3. The molecule has 6 heteroatoms. The second-order valence-corrected chi connectivity index (χ2v) is 10.3. The number of thioether (sulfide) groups is 1. The van der Waals surface area contributed by atoms with E-state index in [0.717, 1.165) is 47.2 Å². The van der Waals surface area contributed by atoms with Gasteiger partial charge in [0.1, 0.15) is 0 Å². The second-order valence-electron chi connectivity index (χ2n) is 9.03. The van der Waals surface area contributed by atoms with Crippen LogP contribution in [0.2, 0.25) is 0 Å². The van der Waals surface area contributed by atoms with Crippen molar-refractivity contribution in [1.82, 2.24) is 14.9 Å². The Bertz CT molecular complexity index is 1650. The Balaban J connectivity index is 1.35. The third kappa shape index (κ3) is 4.39. The lowest BCUT2D eigenvalue weighted by atomic mass is 9.93. The summed E-state index contributed by atoms with van der Waals surface area (Å²) in [5.41, 5.74) is 6.63. The maximum Gasteiger partial charge on any atom is 0.336 e. The molecule has 0 atom stereocenters. The Morgan fingerprint density at radius 1 is 0.972 bits per heavy atom. The normalized spacial score (nSPS) is 14.1. The summed E-state index contributed by atoms with van der Waals surface area (Å²) < 4.78 is 0. The first-order chi connectivity index (χ1) is 17.7. The van der Waals surface area contributed by atoms with Crippen LogP contribution in [0.4, 0.5) is 0 Å². The first-order valence-corrected chi connectivity index (χ1v) is 13.2. The van der Waals surface area contributed by atoms with Crippen LogP contribution in [0, 0.1) is 11.8 Å². The van der Waals surface area contributed by atoms with E-state index < -0.39 is 5.97 Å². The molecule has 0 bridgehead atoms. The minimum Gasteiger partial charge on any atom is -0.478 e. The number of H-pyrrole nitrogens is 2. The third-order valence-corrected chi connectivity index (χ3v) is 7.69. The number of nitrogens with zero attached hydrogens (tertiary/aromatic N) is 1. The topological polar surface area (TPSA) is 72.1 Å². The van der Waals surface area contributed by atoms with Gasteiger partial charge in [-0.05, 0) is 52.9 Å². The van der Waals surface area contributed by atoms with Crippen LogP contribution >= 0.6 is 11.8 Å². The van der Waals surface area contributed by atoms with Crippen molar-refractivity contribution in [3.05, 3.63) is 95.3 Å². The zero-order chi connectivity index (χ0) is 24.5. The van der Waals surface area contributed by atoms with Crippen LogP contribution < -0.4 is 0 Å². The second kappa shape index (κ2) is 9.62. The number of nitrogens with one attached hydrogen (secondary N) is 2. The molecular formula is C30H25N3O2S. The van der Waals surface area contributed by atoms with Gasteiger partial charge in [0.25, 0.3) is 0 Å². The quantitative estimate of drug-likeness (QED) is 0.271. The van der Waals surface area contributed by atoms with Crippen LogP contribution in [-0.2, 0) is 6.54 Å². The highest BCUT2D eigenvalue weighted by molar-refractivity contribution is 7.99. The molecule has 0 unspecified atom stereocenters. The highest BCUT2D eigenvalue weighted by Crippen LogP contribution is 2.30. The van der Waals surface area contributed by atoms with Gasteiger partial charge in [0.05, 0.1) is 5.56 Å². The predicted octanol–water partition coefficient (Wildman–Crippen LogP) is 5.96. The number of aromatic carboxylic acids is 1. The van der Waals surface area contributed by atoms with Gasteiger partial charge in [-0.1, -0.05) is 36.1 Å². The first kappa shape index (κ1) is 22.5. The van der Waals surface area contributed by atoms with E-state index in [4.69, 9.17) is 0 Å². The molecule has 178 valence electrons. The number of aromatic nitrogens is 2. The van der Waals surface area contributed by atoms with E-state index in [9.17, 15) is 9.90 Å². The van der Waals surface area contributed by atoms with Gasteiger partial charge < -0.3 is 15.1 Å². The number of fused-ring (bicyclic) bond motifs is 2. The van der Waals surface area contributed by atoms with Crippen molar-refractivity contribution < 1.29 is 9.90 Å². The first-order valence-electron chi connectivity index (χ1n) is 12.0. The SMILES string of the molecule is O=C(O)c1cccc(C#Cc2ccc3c(CN4CCSCC4)c[nH]c3c2)c1-c1ccc2cc[nH]c2c1. The third-order valence-electron chi connectivity index (χ3n) is 6.75. The molecule has 6 rings (SSSR count). The van der Waals surface area contributed by atoms with E-state index in [1.165, 1.54) is 22.5 Å². The molecular weight excluding hydrogens is 466 g/mol. The van der Waals surface area contributed by atoms with Gasteiger partial charge in [0, 0.05) is 76.6 Å². The standard InChI is InChI=1S/C30H25N3O2S/c34-30(35)26-3-1-2-22(29(26)23-8-7-21-10-11-31-27(21)17-23)6-4-20-5-9-25-24(18-32-28(25)16-20)19-33-12-14-36-15-13-33/h1-3,5,7-11,16-18,31-32H,12-15,19H2,(H,34,35). The van der Waals surface area contributed by atoms with Crippen molar-refractivity contribution in [2.24, 2.45) is 0 Å². The fourth-order valence-corrected chi connectivity index (χ4v) is 5.86. The number of rotatable bonds is 4. The van der Waals surface area contributed by atoms with Gasteiger partial charge in [-0.25, -0.2) is 4.79 Å². The molecule has 1 aliphatic heterocycles. The fraction of sp³-hybridized carbons (Fsp3) is 0.167. The van der Waals surface area contributed by atoms with Crippen molar-refractivity contribution in [1.29, 1.82) is 0 Å². The van der Waals surface area contributed by atoms with Crippen molar-refractivity contribution in [2.75, 3.05) is 24.6 Å². The Morgan fingerprint density at radius 2 is 1.86 bits per heavy atom. The molecule has 2 aromatic heterocycles. The van der Waals surface area contributed by atoms with Gasteiger partial charge >= 0.3 is 5.97 Å². The molecule has 0 spiro atoms. The van der Waals surface area contributed by atoms with E-state index in [1.54, 1.807) is 12.1 Å². The number of benzene rings is 3. The van der Waals surface area contributed by atoms with Gasteiger partial charge in [0.15, 0.2) is 0 Å². The summed E-state index contributed by atoms with van der Waals surface area (Å²) in [5, 5.41) is 12.2. The molecule has 5 aromatic rings. The molecule has 0 radical (unpaired) electrons. The van der Waals surface area contributed by atoms with Crippen LogP contribution in [0.1, 0.15) is 27.0 Å². The Morgan fingerprint density at radius 3 is 2.72 bits per heavy atom. The van der Waals surface area contributed by atoms with Crippen molar-refractivity contribution >= 4 is 39.5 Å². The van der Waals surface area contributed by atoms with Gasteiger partial charge in [-0.2, -0.15) is 11.8 Å². The summed E-state index contributed by atoms with van der Waals surface area (Å²) in [7, 11) is 0. The van der Waals surface area contributed by atoms with Gasteiger partial charge in [0.2, 0.25) is 0 Å². The lowest BCUT2D eigenvalue weighted by Gasteiger charge is -2.25. The van der Waals surface area contributed by atoms with Crippen LogP contribution in [0.3, 0.4) is 0 Å². The minimum absolute atomic E-state index is 0.244. The smallest absolute Gasteiger partial charge is 0.336 e. The highest BCUT2D eigenvalue weighted by atomic mass is 32.2. The van der Waals surface area contributed by atoms with Gasteiger partial charge in [-0.15, -0.1) is 0 Å². The molecule has 3 N–H and O–H groups in total. The molecule has 1 fully saturated rings. The molecule has 3 aromatic carbocycles. The number of carboxylic acids is 1. The molecule has 5 nitrogen and oxygen atoms in total. The van der Waals surface area contributed by atoms with Crippen molar-refractivity contribution in [2.45, 2.75) is 6.54 Å². The Hall–Kier alpha value is -3.92. The van der Waals surface area contributed by atoms with E-state index in [0.29, 0.717) is 11.1 Å². The molecule has 0 aliphatic carbocycles. The lowest BCUT2D eigenvalue weighted by Crippen LogP contribution is -2.31. The minimum atomic E-state index is -0.965. The number of carboxylic acid groups (broad SMARTS) is 1. The Labute approximate surface area is 213 Å². The molecule has 1 saturated heterocycles. The summed E-state index contributed by atoms with van der Waals surface area (Å²) in [6, 6.07) is 19.5. The lowest BCUT2D eigenvalue weighted by molar-refractivity contribution is 0.0697.